The highest BCUT2D eigenvalue weighted by molar-refractivity contribution is 5.93. The van der Waals surface area contributed by atoms with Gasteiger partial charge in [0.15, 0.2) is 0 Å². The maximum absolute atomic E-state index is 11.1. The molecule has 0 aliphatic rings. The van der Waals surface area contributed by atoms with Crippen LogP contribution in [-0.2, 0) is 0 Å². The van der Waals surface area contributed by atoms with Gasteiger partial charge in [0.2, 0.25) is 0 Å². The lowest BCUT2D eigenvalue weighted by atomic mass is 10.3. The SMILES string of the molecule is CCNC(=O)c1c[nH]c(=O)[nH]c1=O. The zero-order valence-electron chi connectivity index (χ0n) is 7.01. The molecule has 70 valence electrons. The molecule has 1 amide bonds. The van der Waals surface area contributed by atoms with Gasteiger partial charge in [-0.3, -0.25) is 14.6 Å². The highest BCUT2D eigenvalue weighted by Crippen LogP contribution is 1.82. The van der Waals surface area contributed by atoms with Crippen molar-refractivity contribution in [3.8, 4) is 0 Å². The molecule has 0 aliphatic carbocycles. The molecule has 0 saturated carbocycles. The molecule has 0 aliphatic heterocycles. The summed E-state index contributed by atoms with van der Waals surface area (Å²) < 4.78 is 0. The largest absolute Gasteiger partial charge is 0.352 e. The van der Waals surface area contributed by atoms with Crippen LogP contribution < -0.4 is 16.6 Å². The zero-order valence-corrected chi connectivity index (χ0v) is 7.01. The van der Waals surface area contributed by atoms with Crippen molar-refractivity contribution in [3.63, 3.8) is 0 Å². The van der Waals surface area contributed by atoms with Crippen LogP contribution in [0.4, 0.5) is 0 Å². The molecule has 1 aromatic heterocycles. The summed E-state index contributed by atoms with van der Waals surface area (Å²) in [7, 11) is 0. The second kappa shape index (κ2) is 3.70. The van der Waals surface area contributed by atoms with Crippen LogP contribution in [0.3, 0.4) is 0 Å². The van der Waals surface area contributed by atoms with E-state index in [-0.39, 0.29) is 5.56 Å². The Morgan fingerprint density at radius 1 is 1.54 bits per heavy atom. The summed E-state index contributed by atoms with van der Waals surface area (Å²) in [5.41, 5.74) is -1.41. The summed E-state index contributed by atoms with van der Waals surface area (Å²) in [6.07, 6.45) is 1.09. The molecule has 0 fully saturated rings. The van der Waals surface area contributed by atoms with E-state index in [1.165, 1.54) is 0 Å². The summed E-state index contributed by atoms with van der Waals surface area (Å²) >= 11 is 0. The quantitative estimate of drug-likeness (QED) is 0.538. The van der Waals surface area contributed by atoms with Gasteiger partial charge in [0, 0.05) is 12.7 Å². The lowest BCUT2D eigenvalue weighted by Crippen LogP contribution is -2.33. The molecule has 0 bridgehead atoms. The van der Waals surface area contributed by atoms with Crippen molar-refractivity contribution in [2.24, 2.45) is 0 Å². The van der Waals surface area contributed by atoms with E-state index < -0.39 is 17.2 Å². The van der Waals surface area contributed by atoms with Crippen LogP contribution in [0, 0.1) is 0 Å². The average Bonchev–Trinajstić information content (AvgIpc) is 2.04. The molecule has 6 heteroatoms. The summed E-state index contributed by atoms with van der Waals surface area (Å²) in [6, 6.07) is 0. The first kappa shape index (κ1) is 9.24. The van der Waals surface area contributed by atoms with Gasteiger partial charge in [0.1, 0.15) is 5.56 Å². The Labute approximate surface area is 73.0 Å². The fourth-order valence-corrected chi connectivity index (χ4v) is 0.834. The van der Waals surface area contributed by atoms with Gasteiger partial charge in [0.25, 0.3) is 11.5 Å². The molecule has 1 rings (SSSR count). The van der Waals surface area contributed by atoms with Gasteiger partial charge in [-0.1, -0.05) is 0 Å². The third kappa shape index (κ3) is 2.05. The highest BCUT2D eigenvalue weighted by atomic mass is 16.2. The molecule has 0 atom stereocenters. The Hall–Kier alpha value is -1.85. The van der Waals surface area contributed by atoms with Crippen LogP contribution in [0.2, 0.25) is 0 Å². The first-order valence-electron chi connectivity index (χ1n) is 3.75. The first-order valence-corrected chi connectivity index (χ1v) is 3.75. The molecule has 3 N–H and O–H groups in total. The molecule has 0 spiro atoms. The number of nitrogens with one attached hydrogen (secondary N) is 3. The number of carbonyl (C=O) groups excluding carboxylic acids is 1. The van der Waals surface area contributed by atoms with Crippen LogP contribution in [-0.4, -0.2) is 22.4 Å². The molecule has 0 saturated heterocycles. The Morgan fingerprint density at radius 2 is 2.23 bits per heavy atom. The molecule has 13 heavy (non-hydrogen) atoms. The molecular formula is C7H9N3O3. The Bertz CT molecular complexity index is 417. The molecule has 6 nitrogen and oxygen atoms in total. The standard InChI is InChI=1S/C7H9N3O3/c1-2-8-5(11)4-3-9-7(13)10-6(4)12/h3H,2H2,1H3,(H,8,11)(H2,9,10,12,13). The van der Waals surface area contributed by atoms with Crippen molar-refractivity contribution in [1.29, 1.82) is 0 Å². The van der Waals surface area contributed by atoms with Crippen molar-refractivity contribution < 1.29 is 4.79 Å². The maximum Gasteiger partial charge on any atom is 0.325 e. The predicted molar refractivity (Wildman–Crippen MR) is 45.7 cm³/mol. The van der Waals surface area contributed by atoms with Crippen molar-refractivity contribution in [3.05, 3.63) is 32.6 Å². The van der Waals surface area contributed by atoms with Crippen molar-refractivity contribution in [2.45, 2.75) is 6.92 Å². The summed E-state index contributed by atoms with van der Waals surface area (Å²) in [4.78, 5) is 36.9. The number of aromatic amines is 2. The number of hydrogen-bond donors (Lipinski definition) is 3. The van der Waals surface area contributed by atoms with Gasteiger partial charge in [-0.25, -0.2) is 4.79 Å². The normalized spacial score (nSPS) is 9.62. The number of H-pyrrole nitrogens is 2. The minimum Gasteiger partial charge on any atom is -0.352 e. The van der Waals surface area contributed by atoms with E-state index in [9.17, 15) is 14.4 Å². The average molecular weight is 183 g/mol. The third-order valence-corrected chi connectivity index (χ3v) is 1.40. The van der Waals surface area contributed by atoms with Gasteiger partial charge in [0.05, 0.1) is 0 Å². The molecule has 0 aromatic carbocycles. The number of carbonyl (C=O) groups is 1. The fourth-order valence-electron chi connectivity index (χ4n) is 0.834. The molecule has 1 aromatic rings. The summed E-state index contributed by atoms with van der Waals surface area (Å²) in [5.74, 6) is -0.500. The molecular weight excluding hydrogens is 174 g/mol. The second-order valence-corrected chi connectivity index (χ2v) is 2.35. The van der Waals surface area contributed by atoms with E-state index in [0.29, 0.717) is 6.54 Å². The number of amides is 1. The number of rotatable bonds is 2. The summed E-state index contributed by atoms with van der Waals surface area (Å²) in [5, 5.41) is 2.44. The van der Waals surface area contributed by atoms with E-state index in [0.717, 1.165) is 6.20 Å². The van der Waals surface area contributed by atoms with Crippen molar-refractivity contribution in [1.82, 2.24) is 15.3 Å². The van der Waals surface area contributed by atoms with Crippen LogP contribution >= 0.6 is 0 Å². The van der Waals surface area contributed by atoms with E-state index in [1.807, 2.05) is 4.98 Å². The smallest absolute Gasteiger partial charge is 0.325 e. The Morgan fingerprint density at radius 3 is 2.77 bits per heavy atom. The second-order valence-electron chi connectivity index (χ2n) is 2.35. The molecule has 0 radical (unpaired) electrons. The van der Waals surface area contributed by atoms with Gasteiger partial charge < -0.3 is 10.3 Å². The van der Waals surface area contributed by atoms with E-state index in [2.05, 4.69) is 10.3 Å². The zero-order chi connectivity index (χ0) is 9.84. The molecule has 1 heterocycles. The van der Waals surface area contributed by atoms with E-state index in [1.54, 1.807) is 6.92 Å². The lowest BCUT2D eigenvalue weighted by Gasteiger charge is -1.98. The van der Waals surface area contributed by atoms with Crippen molar-refractivity contribution >= 4 is 5.91 Å². The first-order chi connectivity index (χ1) is 6.15. The monoisotopic (exact) mass is 183 g/mol. The predicted octanol–water partition coefficient (Wildman–Crippen LogP) is -1.19. The molecule has 0 unspecified atom stereocenters. The minimum absolute atomic E-state index is 0.0959. The minimum atomic E-state index is -0.685. The van der Waals surface area contributed by atoms with Crippen LogP contribution in [0.1, 0.15) is 17.3 Å². The lowest BCUT2D eigenvalue weighted by molar-refractivity contribution is 0.0954. The Balaban J connectivity index is 3.09. The highest BCUT2D eigenvalue weighted by Gasteiger charge is 2.08. The van der Waals surface area contributed by atoms with Gasteiger partial charge in [-0.15, -0.1) is 0 Å². The topological polar surface area (TPSA) is 94.8 Å². The van der Waals surface area contributed by atoms with Gasteiger partial charge in [-0.2, -0.15) is 0 Å². The third-order valence-electron chi connectivity index (χ3n) is 1.40. The number of aromatic nitrogens is 2. The maximum atomic E-state index is 11.1. The number of hydrogen-bond acceptors (Lipinski definition) is 3. The summed E-state index contributed by atoms with van der Waals surface area (Å²) in [6.45, 7) is 2.16. The van der Waals surface area contributed by atoms with Crippen LogP contribution in [0.5, 0.6) is 0 Å². The van der Waals surface area contributed by atoms with Gasteiger partial charge in [-0.05, 0) is 6.92 Å². The Kier molecular flexibility index (Phi) is 2.63. The van der Waals surface area contributed by atoms with Crippen LogP contribution in [0.15, 0.2) is 15.8 Å². The van der Waals surface area contributed by atoms with Gasteiger partial charge >= 0.3 is 5.69 Å². The van der Waals surface area contributed by atoms with E-state index in [4.69, 9.17) is 0 Å². The van der Waals surface area contributed by atoms with E-state index >= 15 is 0 Å². The van der Waals surface area contributed by atoms with Crippen molar-refractivity contribution in [2.75, 3.05) is 6.54 Å². The van der Waals surface area contributed by atoms with Crippen LogP contribution in [0.25, 0.3) is 0 Å². The fraction of sp³-hybridized carbons (Fsp3) is 0.286.